The largest absolute Gasteiger partial charge is 0.376 e. The van der Waals surface area contributed by atoms with Crippen molar-refractivity contribution in [3.05, 3.63) is 71.9 Å². The quantitative estimate of drug-likeness (QED) is 0.325. The number of carbonyl (C=O) groups excluding carboxylic acids is 1. The molecule has 1 amide bonds. The number of sulfonamides is 1. The monoisotopic (exact) mass is 559 g/mol. The molecule has 1 atom stereocenters. The van der Waals surface area contributed by atoms with Crippen LogP contribution >= 0.6 is 0 Å². The van der Waals surface area contributed by atoms with Gasteiger partial charge >= 0.3 is 0 Å². The van der Waals surface area contributed by atoms with E-state index >= 15 is 0 Å². The molecular weight excluding hydrogens is 526 g/mol. The summed E-state index contributed by atoms with van der Waals surface area (Å²) in [5, 5.41) is 17.4. The van der Waals surface area contributed by atoms with E-state index in [-0.39, 0.29) is 16.6 Å². The molecule has 1 aromatic heterocycles. The summed E-state index contributed by atoms with van der Waals surface area (Å²) in [6.45, 7) is 2.03. The summed E-state index contributed by atoms with van der Waals surface area (Å²) in [5.74, 6) is -0.492. The molecule has 1 N–H and O–H groups in total. The van der Waals surface area contributed by atoms with E-state index in [1.54, 1.807) is 39.4 Å². The fraction of sp³-hybridized carbons (Fsp3) is 0.367. The third-order valence-corrected chi connectivity index (χ3v) is 9.15. The third kappa shape index (κ3) is 6.33. The van der Waals surface area contributed by atoms with Gasteiger partial charge in [-0.3, -0.25) is 4.79 Å². The Balaban J connectivity index is 1.51. The first-order valence-electron chi connectivity index (χ1n) is 13.7. The number of aromatic nitrogens is 2. The van der Waals surface area contributed by atoms with Crippen molar-refractivity contribution in [2.75, 3.05) is 26.2 Å². The van der Waals surface area contributed by atoms with E-state index < -0.39 is 15.9 Å². The Hall–Kier alpha value is -3.78. The number of ether oxygens (including phenoxy) is 1. The molecule has 40 heavy (non-hydrogen) atoms. The Labute approximate surface area is 235 Å². The maximum Gasteiger partial charge on any atom is 0.262 e. The topological polar surface area (TPSA) is 117 Å². The van der Waals surface area contributed by atoms with Crippen molar-refractivity contribution < 1.29 is 17.9 Å². The zero-order valence-electron chi connectivity index (χ0n) is 22.3. The van der Waals surface area contributed by atoms with Gasteiger partial charge in [0.2, 0.25) is 10.0 Å². The second kappa shape index (κ2) is 12.6. The van der Waals surface area contributed by atoms with E-state index in [0.29, 0.717) is 43.1 Å². The standard InChI is InChI=1S/C30H33N5O4S/c31-20-24(30(36)32-21-27-13-9-17-39-27)18-25-22-35(26-11-4-3-5-12-26)33-29(25)23-10-8-14-28(19-23)40(37,38)34-15-6-1-2-7-16-34/h3-5,8,10-12,14,18-19,22,27H,1-2,6-7,9,13,15-17,21H2,(H,32,36)/b24-18-. The van der Waals surface area contributed by atoms with E-state index in [0.717, 1.165) is 44.2 Å². The maximum absolute atomic E-state index is 13.5. The lowest BCUT2D eigenvalue weighted by Crippen LogP contribution is -2.32. The predicted octanol–water partition coefficient (Wildman–Crippen LogP) is 4.31. The summed E-state index contributed by atoms with van der Waals surface area (Å²) < 4.78 is 35.8. The molecule has 0 bridgehead atoms. The van der Waals surface area contributed by atoms with E-state index in [2.05, 4.69) is 5.32 Å². The van der Waals surface area contributed by atoms with Crippen molar-refractivity contribution in [3.63, 3.8) is 0 Å². The molecule has 0 saturated carbocycles. The minimum Gasteiger partial charge on any atom is -0.376 e. The van der Waals surface area contributed by atoms with E-state index in [1.807, 2.05) is 36.4 Å². The highest BCUT2D eigenvalue weighted by Crippen LogP contribution is 2.29. The van der Waals surface area contributed by atoms with Crippen molar-refractivity contribution in [2.24, 2.45) is 0 Å². The fourth-order valence-electron chi connectivity index (χ4n) is 5.08. The fourth-order valence-corrected chi connectivity index (χ4v) is 6.64. The summed E-state index contributed by atoms with van der Waals surface area (Å²) in [4.78, 5) is 13.1. The van der Waals surface area contributed by atoms with E-state index in [1.165, 1.54) is 6.08 Å². The molecule has 0 radical (unpaired) electrons. The summed E-state index contributed by atoms with van der Waals surface area (Å²) in [5.41, 5.74) is 2.29. The minimum atomic E-state index is -3.68. The van der Waals surface area contributed by atoms with Gasteiger partial charge < -0.3 is 10.1 Å². The smallest absolute Gasteiger partial charge is 0.262 e. The number of nitrogens with zero attached hydrogens (tertiary/aromatic N) is 4. The lowest BCUT2D eigenvalue weighted by molar-refractivity contribution is -0.117. The maximum atomic E-state index is 13.5. The van der Waals surface area contributed by atoms with Gasteiger partial charge in [0.1, 0.15) is 17.3 Å². The number of para-hydroxylation sites is 1. The molecule has 2 fully saturated rings. The SMILES string of the molecule is N#C/C(=C/c1cn(-c2ccccc2)nc1-c1cccc(S(=O)(=O)N2CCCCCC2)c1)C(=O)NCC1CCCO1. The third-order valence-electron chi connectivity index (χ3n) is 7.25. The highest BCUT2D eigenvalue weighted by atomic mass is 32.2. The molecule has 5 rings (SSSR count). The highest BCUT2D eigenvalue weighted by Gasteiger charge is 2.26. The molecule has 1 unspecified atom stereocenters. The number of carbonyl (C=O) groups is 1. The number of hydrogen-bond donors (Lipinski definition) is 1. The van der Waals surface area contributed by atoms with Gasteiger partial charge in [0.05, 0.1) is 16.7 Å². The van der Waals surface area contributed by atoms with Crippen molar-refractivity contribution in [3.8, 4) is 23.0 Å². The van der Waals surface area contributed by atoms with Crippen LogP contribution in [0.3, 0.4) is 0 Å². The summed E-state index contributed by atoms with van der Waals surface area (Å²) in [6, 6.07) is 18.2. The molecule has 9 nitrogen and oxygen atoms in total. The van der Waals surface area contributed by atoms with Crippen LogP contribution in [0.1, 0.15) is 44.1 Å². The molecule has 3 aromatic rings. The number of benzene rings is 2. The average Bonchev–Trinajstić information content (AvgIpc) is 3.57. The molecule has 208 valence electrons. The number of amides is 1. The summed E-state index contributed by atoms with van der Waals surface area (Å²) in [7, 11) is -3.68. The number of hydrogen-bond acceptors (Lipinski definition) is 6. The zero-order valence-corrected chi connectivity index (χ0v) is 23.1. The van der Waals surface area contributed by atoms with Gasteiger partial charge in [-0.1, -0.05) is 43.2 Å². The molecule has 2 aliphatic rings. The van der Waals surface area contributed by atoms with Crippen molar-refractivity contribution in [1.82, 2.24) is 19.4 Å². The van der Waals surface area contributed by atoms with Gasteiger partial charge in [-0.15, -0.1) is 0 Å². The van der Waals surface area contributed by atoms with Crippen LogP contribution in [0.5, 0.6) is 0 Å². The minimum absolute atomic E-state index is 0.0471. The molecule has 10 heteroatoms. The Morgan fingerprint density at radius 1 is 1.07 bits per heavy atom. The van der Waals surface area contributed by atoms with Crippen molar-refractivity contribution >= 4 is 22.0 Å². The Kier molecular flexibility index (Phi) is 8.75. The molecular formula is C30H33N5O4S. The van der Waals surface area contributed by atoms with Crippen LogP contribution < -0.4 is 5.32 Å². The van der Waals surface area contributed by atoms with Crippen LogP contribution in [0.2, 0.25) is 0 Å². The predicted molar refractivity (Wildman–Crippen MR) is 152 cm³/mol. The highest BCUT2D eigenvalue weighted by molar-refractivity contribution is 7.89. The summed E-state index contributed by atoms with van der Waals surface area (Å²) in [6.07, 6.45) is 8.78. The van der Waals surface area contributed by atoms with Gasteiger partial charge in [0.15, 0.2) is 0 Å². The van der Waals surface area contributed by atoms with Crippen LogP contribution in [0, 0.1) is 11.3 Å². The first-order chi connectivity index (χ1) is 19.5. The van der Waals surface area contributed by atoms with Crippen LogP contribution in [0.4, 0.5) is 0 Å². The first-order valence-corrected chi connectivity index (χ1v) is 15.2. The van der Waals surface area contributed by atoms with Crippen LogP contribution in [-0.2, 0) is 19.6 Å². The van der Waals surface area contributed by atoms with Crippen molar-refractivity contribution in [2.45, 2.75) is 49.5 Å². The van der Waals surface area contributed by atoms with E-state index in [9.17, 15) is 18.5 Å². The van der Waals surface area contributed by atoms with Crippen molar-refractivity contribution in [1.29, 1.82) is 5.26 Å². The average molecular weight is 560 g/mol. The van der Waals surface area contributed by atoms with Crippen LogP contribution in [0.15, 0.2) is 71.3 Å². The number of rotatable bonds is 8. The molecule has 2 aromatic carbocycles. The first kappa shape index (κ1) is 27.8. The second-order valence-electron chi connectivity index (χ2n) is 10.1. The zero-order chi connectivity index (χ0) is 28.0. The Bertz CT molecular complexity index is 1510. The number of nitrogens with one attached hydrogen (secondary N) is 1. The normalized spacial score (nSPS) is 18.7. The van der Waals surface area contributed by atoms with Gasteiger partial charge in [0.25, 0.3) is 5.91 Å². The molecule has 2 aliphatic heterocycles. The second-order valence-corrected chi connectivity index (χ2v) is 12.0. The Morgan fingerprint density at radius 2 is 1.85 bits per heavy atom. The molecule has 0 spiro atoms. The van der Waals surface area contributed by atoms with Gasteiger partial charge in [0, 0.05) is 43.6 Å². The number of nitriles is 1. The molecule has 3 heterocycles. The van der Waals surface area contributed by atoms with Crippen LogP contribution in [-0.4, -0.2) is 60.8 Å². The molecule has 2 saturated heterocycles. The molecule has 0 aliphatic carbocycles. The van der Waals surface area contributed by atoms with Crippen LogP contribution in [0.25, 0.3) is 23.0 Å². The summed E-state index contributed by atoms with van der Waals surface area (Å²) >= 11 is 0. The lowest BCUT2D eigenvalue weighted by atomic mass is 10.1. The van der Waals surface area contributed by atoms with Gasteiger partial charge in [-0.2, -0.15) is 14.7 Å². The van der Waals surface area contributed by atoms with Gasteiger partial charge in [-0.25, -0.2) is 13.1 Å². The van der Waals surface area contributed by atoms with E-state index in [4.69, 9.17) is 9.84 Å². The Morgan fingerprint density at radius 3 is 2.55 bits per heavy atom. The van der Waals surface area contributed by atoms with Gasteiger partial charge in [-0.05, 0) is 56.0 Å². The lowest BCUT2D eigenvalue weighted by Gasteiger charge is -2.20.